The molecule has 6 nitrogen and oxygen atoms in total. The van der Waals surface area contributed by atoms with Gasteiger partial charge in [0.05, 0.1) is 28.7 Å². The number of benzene rings is 1. The number of nitriles is 1. The summed E-state index contributed by atoms with van der Waals surface area (Å²) in [6.45, 7) is 3.44. The first kappa shape index (κ1) is 33.9. The van der Waals surface area contributed by atoms with Gasteiger partial charge in [0.1, 0.15) is 15.4 Å². The molecule has 0 unspecified atom stereocenters. The third kappa shape index (κ3) is 13.6. The summed E-state index contributed by atoms with van der Waals surface area (Å²) in [5.74, 6) is -0.213. The summed E-state index contributed by atoms with van der Waals surface area (Å²) in [6.07, 6.45) is 7.43. The Hall–Kier alpha value is -2.12. The maximum Gasteiger partial charge on any atom is 0.417 e. The van der Waals surface area contributed by atoms with Gasteiger partial charge in [-0.25, -0.2) is 8.42 Å². The summed E-state index contributed by atoms with van der Waals surface area (Å²) in [7, 11) is -2.92. The number of aliphatic hydroxyl groups is 1. The van der Waals surface area contributed by atoms with Crippen molar-refractivity contribution < 1.29 is 31.5 Å². The summed E-state index contributed by atoms with van der Waals surface area (Å²) in [5, 5.41) is 21.7. The fourth-order valence-electron chi connectivity index (χ4n) is 4.21. The van der Waals surface area contributed by atoms with Crippen molar-refractivity contribution in [3.05, 3.63) is 29.3 Å². The van der Waals surface area contributed by atoms with E-state index in [9.17, 15) is 31.5 Å². The monoisotopic (exact) mass is 560 g/mol. The van der Waals surface area contributed by atoms with E-state index in [4.69, 9.17) is 5.26 Å². The molecule has 1 rings (SSSR count). The van der Waals surface area contributed by atoms with E-state index in [2.05, 4.69) is 12.2 Å². The van der Waals surface area contributed by atoms with Crippen molar-refractivity contribution >= 4 is 21.4 Å². The molecule has 0 saturated carbocycles. The van der Waals surface area contributed by atoms with Crippen LogP contribution in [0.4, 0.5) is 18.9 Å². The van der Waals surface area contributed by atoms with Gasteiger partial charge >= 0.3 is 6.18 Å². The molecule has 0 aliphatic heterocycles. The minimum Gasteiger partial charge on any atom is -0.380 e. The molecular weight excluding hydrogens is 517 g/mol. The summed E-state index contributed by atoms with van der Waals surface area (Å²) in [6, 6.07) is 4.37. The Morgan fingerprint density at radius 3 is 1.92 bits per heavy atom. The minimum absolute atomic E-state index is 0.133. The molecule has 2 N–H and O–H groups in total. The van der Waals surface area contributed by atoms with Gasteiger partial charge in [-0.05, 0) is 44.4 Å². The van der Waals surface area contributed by atoms with Crippen LogP contribution in [0.3, 0.4) is 0 Å². The van der Waals surface area contributed by atoms with Gasteiger partial charge in [-0.15, -0.1) is 0 Å². The number of alkyl halides is 3. The second-order valence-electron chi connectivity index (χ2n) is 10.2. The average Bonchev–Trinajstić information content (AvgIpc) is 2.84. The predicted octanol–water partition coefficient (Wildman–Crippen LogP) is 7.16. The molecule has 0 aliphatic carbocycles. The van der Waals surface area contributed by atoms with Crippen LogP contribution in [0.25, 0.3) is 0 Å². The standard InChI is InChI=1S/C28H43F3N2O4S/c1-3-4-5-14-19-38(36,37)20-15-12-10-8-6-7-9-11-13-18-27(2,35)26(34)33-24-17-16-23(22-32)25(21-24)28(29,30)31/h16-17,21,35H,3-15,18-20H2,1-2H3,(H,33,34)/t27-/m0/s1. The van der Waals surface area contributed by atoms with Gasteiger partial charge < -0.3 is 10.4 Å². The van der Waals surface area contributed by atoms with Crippen molar-refractivity contribution in [3.63, 3.8) is 0 Å². The van der Waals surface area contributed by atoms with Crippen molar-refractivity contribution in [3.8, 4) is 6.07 Å². The Balaban J connectivity index is 2.22. The Labute approximate surface area is 225 Å². The first-order valence-electron chi connectivity index (χ1n) is 13.7. The summed E-state index contributed by atoms with van der Waals surface area (Å²) in [5.41, 5.74) is -3.54. The highest BCUT2D eigenvalue weighted by atomic mass is 32.2. The lowest BCUT2D eigenvalue weighted by atomic mass is 9.96. The average molecular weight is 561 g/mol. The number of unbranched alkanes of at least 4 members (excludes halogenated alkanes) is 11. The lowest BCUT2D eigenvalue weighted by Gasteiger charge is -2.22. The van der Waals surface area contributed by atoms with Gasteiger partial charge in [-0.3, -0.25) is 4.79 Å². The number of rotatable bonds is 19. The summed E-state index contributed by atoms with van der Waals surface area (Å²) < 4.78 is 63.4. The molecule has 0 spiro atoms. The molecular formula is C28H43F3N2O4S. The number of sulfone groups is 1. The molecule has 10 heteroatoms. The third-order valence-electron chi connectivity index (χ3n) is 6.62. The van der Waals surface area contributed by atoms with E-state index in [1.807, 2.05) is 0 Å². The molecule has 0 aromatic heterocycles. The molecule has 1 atom stereocenters. The van der Waals surface area contributed by atoms with Crippen molar-refractivity contribution in [1.29, 1.82) is 5.26 Å². The fourth-order valence-corrected chi connectivity index (χ4v) is 5.70. The molecule has 1 amide bonds. The largest absolute Gasteiger partial charge is 0.417 e. The van der Waals surface area contributed by atoms with E-state index in [-0.39, 0.29) is 17.9 Å². The van der Waals surface area contributed by atoms with Gasteiger partial charge in [-0.1, -0.05) is 77.6 Å². The van der Waals surface area contributed by atoms with Gasteiger partial charge in [0.25, 0.3) is 5.91 Å². The zero-order valence-corrected chi connectivity index (χ0v) is 23.5. The zero-order valence-electron chi connectivity index (χ0n) is 22.7. The molecule has 0 saturated heterocycles. The van der Waals surface area contributed by atoms with E-state index in [1.165, 1.54) is 19.1 Å². The molecule has 0 fully saturated rings. The van der Waals surface area contributed by atoms with E-state index in [0.717, 1.165) is 76.7 Å². The van der Waals surface area contributed by atoms with Crippen LogP contribution in [0, 0.1) is 11.3 Å². The molecule has 0 radical (unpaired) electrons. The Morgan fingerprint density at radius 1 is 0.921 bits per heavy atom. The van der Waals surface area contributed by atoms with Crippen LogP contribution in [0.15, 0.2) is 18.2 Å². The first-order valence-corrected chi connectivity index (χ1v) is 15.5. The molecule has 216 valence electrons. The molecule has 0 aliphatic rings. The number of carbonyl (C=O) groups excluding carboxylic acids is 1. The molecule has 0 bridgehead atoms. The Morgan fingerprint density at radius 2 is 1.42 bits per heavy atom. The van der Waals surface area contributed by atoms with Crippen molar-refractivity contribution in [2.45, 2.75) is 116 Å². The number of hydrogen-bond donors (Lipinski definition) is 2. The normalized spacial score (nSPS) is 13.6. The number of halogens is 3. The van der Waals surface area contributed by atoms with Gasteiger partial charge in [0, 0.05) is 5.69 Å². The Kier molecular flexibility index (Phi) is 15.0. The number of hydrogen-bond acceptors (Lipinski definition) is 5. The van der Waals surface area contributed by atoms with E-state index in [0.29, 0.717) is 24.7 Å². The highest BCUT2D eigenvalue weighted by molar-refractivity contribution is 7.91. The number of anilines is 1. The van der Waals surface area contributed by atoms with Crippen LogP contribution >= 0.6 is 0 Å². The van der Waals surface area contributed by atoms with Gasteiger partial charge in [-0.2, -0.15) is 18.4 Å². The first-order chi connectivity index (χ1) is 17.8. The van der Waals surface area contributed by atoms with Crippen LogP contribution in [-0.4, -0.2) is 36.5 Å². The van der Waals surface area contributed by atoms with Gasteiger partial charge in [0.2, 0.25) is 0 Å². The smallest absolute Gasteiger partial charge is 0.380 e. The second kappa shape index (κ2) is 16.8. The van der Waals surface area contributed by atoms with Gasteiger partial charge in [0.15, 0.2) is 0 Å². The minimum atomic E-state index is -4.73. The quantitative estimate of drug-likeness (QED) is 0.175. The summed E-state index contributed by atoms with van der Waals surface area (Å²) >= 11 is 0. The highest BCUT2D eigenvalue weighted by Crippen LogP contribution is 2.33. The lowest BCUT2D eigenvalue weighted by Crippen LogP contribution is -2.40. The van der Waals surface area contributed by atoms with Crippen LogP contribution in [0.5, 0.6) is 0 Å². The van der Waals surface area contributed by atoms with Crippen LogP contribution in [-0.2, 0) is 20.8 Å². The van der Waals surface area contributed by atoms with Crippen molar-refractivity contribution in [2.75, 3.05) is 16.8 Å². The Bertz CT molecular complexity index is 1000. The number of carbonyl (C=O) groups is 1. The zero-order chi connectivity index (χ0) is 28.7. The van der Waals surface area contributed by atoms with E-state index in [1.54, 1.807) is 0 Å². The van der Waals surface area contributed by atoms with Crippen molar-refractivity contribution in [1.82, 2.24) is 0 Å². The second-order valence-corrected chi connectivity index (χ2v) is 12.5. The van der Waals surface area contributed by atoms with Crippen molar-refractivity contribution in [2.24, 2.45) is 0 Å². The lowest BCUT2D eigenvalue weighted by molar-refractivity contribution is -0.138. The SMILES string of the molecule is CCCCCCS(=O)(=O)CCCCCCCCCCC[C@](C)(O)C(=O)Nc1ccc(C#N)c(C(F)(F)F)c1. The maximum atomic E-state index is 13.1. The van der Waals surface area contributed by atoms with Crippen LogP contribution < -0.4 is 5.32 Å². The van der Waals surface area contributed by atoms with Crippen LogP contribution in [0.1, 0.15) is 115 Å². The molecule has 1 aromatic carbocycles. The molecule has 38 heavy (non-hydrogen) atoms. The molecule has 0 heterocycles. The predicted molar refractivity (Wildman–Crippen MR) is 144 cm³/mol. The molecule has 1 aromatic rings. The fraction of sp³-hybridized carbons (Fsp3) is 0.714. The topological polar surface area (TPSA) is 107 Å². The maximum absolute atomic E-state index is 13.1. The van der Waals surface area contributed by atoms with E-state index < -0.39 is 38.6 Å². The number of amides is 1. The highest BCUT2D eigenvalue weighted by Gasteiger charge is 2.35. The third-order valence-corrected chi connectivity index (χ3v) is 8.44. The van der Waals surface area contributed by atoms with E-state index >= 15 is 0 Å². The summed E-state index contributed by atoms with van der Waals surface area (Å²) in [4.78, 5) is 12.4. The number of nitrogens with zero attached hydrogens (tertiary/aromatic N) is 1. The van der Waals surface area contributed by atoms with Crippen LogP contribution in [0.2, 0.25) is 0 Å². The number of nitrogens with one attached hydrogen (secondary N) is 1.